The Hall–Kier alpha value is -3.27. The van der Waals surface area contributed by atoms with E-state index in [1.807, 2.05) is 31.2 Å². The van der Waals surface area contributed by atoms with E-state index >= 15 is 0 Å². The van der Waals surface area contributed by atoms with Crippen molar-refractivity contribution in [1.29, 1.82) is 5.26 Å². The number of methoxy groups -OCH3 is 1. The molecule has 162 valence electrons. The molecule has 0 aliphatic rings. The highest BCUT2D eigenvalue weighted by molar-refractivity contribution is 9.10. The molecule has 0 atom stereocenters. The molecule has 0 radical (unpaired) electrons. The van der Waals surface area contributed by atoms with Crippen molar-refractivity contribution in [2.75, 3.05) is 12.4 Å². The fraction of sp³-hybridized carbons (Fsp3) is 0.120. The molecule has 0 aliphatic heterocycles. The van der Waals surface area contributed by atoms with Crippen LogP contribution in [0.25, 0.3) is 6.08 Å². The van der Waals surface area contributed by atoms with Gasteiger partial charge in [-0.15, -0.1) is 0 Å². The summed E-state index contributed by atoms with van der Waals surface area (Å²) >= 11 is 9.37. The van der Waals surface area contributed by atoms with Crippen LogP contribution in [0, 0.1) is 18.3 Å². The molecule has 1 amide bonds. The van der Waals surface area contributed by atoms with Gasteiger partial charge in [0.2, 0.25) is 0 Å². The zero-order chi connectivity index (χ0) is 23.1. The van der Waals surface area contributed by atoms with Gasteiger partial charge >= 0.3 is 0 Å². The molecular formula is C25H20BrClN2O3. The van der Waals surface area contributed by atoms with E-state index in [0.717, 1.165) is 11.1 Å². The molecule has 3 aromatic rings. The summed E-state index contributed by atoms with van der Waals surface area (Å²) in [6.45, 7) is 2.40. The number of nitrogens with one attached hydrogen (secondary N) is 1. The fourth-order valence-electron chi connectivity index (χ4n) is 2.97. The van der Waals surface area contributed by atoms with E-state index in [4.69, 9.17) is 21.1 Å². The minimum atomic E-state index is -0.523. The highest BCUT2D eigenvalue weighted by Gasteiger charge is 2.14. The van der Waals surface area contributed by atoms with E-state index < -0.39 is 5.91 Å². The van der Waals surface area contributed by atoms with Crippen LogP contribution in [0.1, 0.15) is 16.7 Å². The third kappa shape index (κ3) is 6.13. The number of carbonyl (C=O) groups excluding carboxylic acids is 1. The van der Waals surface area contributed by atoms with Crippen molar-refractivity contribution in [3.63, 3.8) is 0 Å². The molecule has 0 bridgehead atoms. The Morgan fingerprint density at radius 3 is 2.59 bits per heavy atom. The first-order valence-corrected chi connectivity index (χ1v) is 10.8. The molecule has 5 nitrogen and oxygen atoms in total. The second-order valence-electron chi connectivity index (χ2n) is 6.94. The summed E-state index contributed by atoms with van der Waals surface area (Å²) < 4.78 is 12.1. The van der Waals surface area contributed by atoms with Crippen LogP contribution in [-0.2, 0) is 11.4 Å². The maximum absolute atomic E-state index is 12.5. The van der Waals surface area contributed by atoms with E-state index in [-0.39, 0.29) is 5.57 Å². The number of ether oxygens (including phenoxy) is 2. The molecule has 0 spiro atoms. The van der Waals surface area contributed by atoms with Gasteiger partial charge < -0.3 is 14.8 Å². The number of nitriles is 1. The zero-order valence-electron chi connectivity index (χ0n) is 17.5. The first-order chi connectivity index (χ1) is 15.4. The largest absolute Gasteiger partial charge is 0.493 e. The van der Waals surface area contributed by atoms with E-state index in [0.29, 0.717) is 38.9 Å². The predicted octanol–water partition coefficient (Wildman–Crippen LogP) is 6.54. The minimum absolute atomic E-state index is 0.0534. The molecule has 7 heteroatoms. The predicted molar refractivity (Wildman–Crippen MR) is 130 cm³/mol. The molecule has 0 unspecified atom stereocenters. The molecule has 3 aromatic carbocycles. The summed E-state index contributed by atoms with van der Waals surface area (Å²) in [5, 5.41) is 12.7. The van der Waals surface area contributed by atoms with Crippen LogP contribution in [0.4, 0.5) is 5.69 Å². The molecule has 0 fully saturated rings. The maximum atomic E-state index is 12.5. The lowest BCUT2D eigenvalue weighted by atomic mass is 10.1. The Balaban J connectivity index is 1.81. The van der Waals surface area contributed by atoms with Gasteiger partial charge in [0.1, 0.15) is 18.2 Å². The summed E-state index contributed by atoms with van der Waals surface area (Å²) in [6, 6.07) is 20.1. The van der Waals surface area contributed by atoms with E-state index in [2.05, 4.69) is 27.3 Å². The number of nitrogens with zero attached hydrogens (tertiary/aromatic N) is 1. The summed E-state index contributed by atoms with van der Waals surface area (Å²) in [5.41, 5.74) is 3.29. The lowest BCUT2D eigenvalue weighted by molar-refractivity contribution is -0.112. The highest BCUT2D eigenvalue weighted by atomic mass is 79.9. The first kappa shape index (κ1) is 23.4. The van der Waals surface area contributed by atoms with Gasteiger partial charge in [0, 0.05) is 10.7 Å². The molecule has 0 aliphatic carbocycles. The molecule has 0 heterocycles. The zero-order valence-corrected chi connectivity index (χ0v) is 19.8. The lowest BCUT2D eigenvalue weighted by Gasteiger charge is -2.14. The third-order valence-electron chi connectivity index (χ3n) is 4.50. The second kappa shape index (κ2) is 10.9. The van der Waals surface area contributed by atoms with Gasteiger partial charge in [-0.2, -0.15) is 5.26 Å². The molecule has 32 heavy (non-hydrogen) atoms. The van der Waals surface area contributed by atoms with Crippen LogP contribution in [0.15, 0.2) is 70.7 Å². The smallest absolute Gasteiger partial charge is 0.266 e. The van der Waals surface area contributed by atoms with Crippen LogP contribution in [-0.4, -0.2) is 13.0 Å². The standard InChI is InChI=1S/C25H20BrClN2O3/c1-16-4-3-5-17(10-16)15-32-24-22(26)12-18(13-23(24)31-2)11-19(14-28)25(30)29-21-8-6-20(27)7-9-21/h3-13H,15H2,1-2H3,(H,29,30)/b19-11-. The molecule has 0 saturated carbocycles. The van der Waals surface area contributed by atoms with Crippen molar-refractivity contribution in [3.8, 4) is 17.6 Å². The average Bonchev–Trinajstić information content (AvgIpc) is 2.77. The topological polar surface area (TPSA) is 71.3 Å². The van der Waals surface area contributed by atoms with Crippen molar-refractivity contribution in [2.45, 2.75) is 13.5 Å². The number of benzene rings is 3. The third-order valence-corrected chi connectivity index (χ3v) is 5.34. The number of halogens is 2. The number of amides is 1. The average molecular weight is 512 g/mol. The Morgan fingerprint density at radius 2 is 1.94 bits per heavy atom. The molecular weight excluding hydrogens is 492 g/mol. The summed E-state index contributed by atoms with van der Waals surface area (Å²) in [5.74, 6) is 0.494. The monoisotopic (exact) mass is 510 g/mol. The summed E-state index contributed by atoms with van der Waals surface area (Å²) in [4.78, 5) is 12.5. The summed E-state index contributed by atoms with van der Waals surface area (Å²) in [6.07, 6.45) is 1.49. The number of hydrogen-bond donors (Lipinski definition) is 1. The molecule has 1 N–H and O–H groups in total. The van der Waals surface area contributed by atoms with E-state index in [9.17, 15) is 10.1 Å². The molecule has 3 rings (SSSR count). The highest BCUT2D eigenvalue weighted by Crippen LogP contribution is 2.38. The van der Waals surface area contributed by atoms with Gasteiger partial charge in [-0.1, -0.05) is 41.4 Å². The van der Waals surface area contributed by atoms with Crippen molar-refractivity contribution < 1.29 is 14.3 Å². The fourth-order valence-corrected chi connectivity index (χ4v) is 3.67. The number of rotatable bonds is 7. The van der Waals surface area contributed by atoms with E-state index in [1.54, 1.807) is 36.4 Å². The Labute approximate surface area is 200 Å². The van der Waals surface area contributed by atoms with Gasteiger partial charge in [-0.25, -0.2) is 0 Å². The van der Waals surface area contributed by atoms with Crippen LogP contribution >= 0.6 is 27.5 Å². The van der Waals surface area contributed by atoms with Crippen molar-refractivity contribution in [2.24, 2.45) is 0 Å². The van der Waals surface area contributed by atoms with Crippen LogP contribution in [0.5, 0.6) is 11.5 Å². The number of carbonyl (C=O) groups is 1. The number of aryl methyl sites for hydroxylation is 1. The second-order valence-corrected chi connectivity index (χ2v) is 8.23. The minimum Gasteiger partial charge on any atom is -0.493 e. The first-order valence-electron chi connectivity index (χ1n) is 9.64. The van der Waals surface area contributed by atoms with Crippen LogP contribution in [0.2, 0.25) is 5.02 Å². The number of hydrogen-bond acceptors (Lipinski definition) is 4. The Bertz CT molecular complexity index is 1200. The van der Waals surface area contributed by atoms with Gasteiger partial charge in [-0.3, -0.25) is 4.79 Å². The summed E-state index contributed by atoms with van der Waals surface area (Å²) in [7, 11) is 1.53. The van der Waals surface area contributed by atoms with Crippen molar-refractivity contribution >= 4 is 45.2 Å². The van der Waals surface area contributed by atoms with E-state index in [1.165, 1.54) is 13.2 Å². The SMILES string of the molecule is COc1cc(/C=C(/C#N)C(=O)Nc2ccc(Cl)cc2)cc(Br)c1OCc1cccc(C)c1. The van der Waals surface area contributed by atoms with Gasteiger partial charge in [0.15, 0.2) is 11.5 Å². The Kier molecular flexibility index (Phi) is 7.93. The quantitative estimate of drug-likeness (QED) is 0.289. The van der Waals surface area contributed by atoms with Gasteiger partial charge in [-0.05, 0) is 76.5 Å². The van der Waals surface area contributed by atoms with Gasteiger partial charge in [0.05, 0.1) is 11.6 Å². The normalized spacial score (nSPS) is 10.9. The Morgan fingerprint density at radius 1 is 1.19 bits per heavy atom. The lowest BCUT2D eigenvalue weighted by Crippen LogP contribution is -2.13. The van der Waals surface area contributed by atoms with Gasteiger partial charge in [0.25, 0.3) is 5.91 Å². The molecule has 0 saturated heterocycles. The molecule has 0 aromatic heterocycles. The maximum Gasteiger partial charge on any atom is 0.266 e. The van der Waals surface area contributed by atoms with Crippen molar-refractivity contribution in [3.05, 3.63) is 92.4 Å². The van der Waals surface area contributed by atoms with Crippen molar-refractivity contribution in [1.82, 2.24) is 0 Å². The number of anilines is 1. The van der Waals surface area contributed by atoms with Crippen LogP contribution in [0.3, 0.4) is 0 Å². The van der Waals surface area contributed by atoms with Crippen LogP contribution < -0.4 is 14.8 Å².